The molecule has 2 rings (SSSR count). The Hall–Kier alpha value is -4.16. The highest BCUT2D eigenvalue weighted by molar-refractivity contribution is 7.89. The van der Waals surface area contributed by atoms with Gasteiger partial charge in [0.05, 0.1) is 35.5 Å². The van der Waals surface area contributed by atoms with E-state index in [0.29, 0.717) is 5.76 Å². The van der Waals surface area contributed by atoms with Gasteiger partial charge in [0, 0.05) is 12.1 Å². The normalized spacial score (nSPS) is 11.8. The number of nitrogens with two attached hydrogens (primary N) is 1. The number of furan rings is 1. The molecule has 0 saturated heterocycles. The number of hydrogen-bond donors (Lipinski definition) is 4. The lowest BCUT2D eigenvalue weighted by Crippen LogP contribution is -2.38. The molecule has 2 aromatic rings. The Balaban J connectivity index is 2.38. The van der Waals surface area contributed by atoms with Crippen molar-refractivity contribution >= 4 is 39.2 Å². The molecule has 19 heteroatoms. The zero-order chi connectivity index (χ0) is 27.0. The fourth-order valence-electron chi connectivity index (χ4n) is 2.86. The average molecular weight is 552 g/mol. The lowest BCUT2D eigenvalue weighted by molar-refractivity contribution is -0.789. The molecular formula is C17H18ClN5O12S. The van der Waals surface area contributed by atoms with E-state index in [2.05, 4.69) is 20.3 Å². The van der Waals surface area contributed by atoms with Gasteiger partial charge < -0.3 is 29.8 Å². The number of primary sulfonamides is 1. The van der Waals surface area contributed by atoms with Crippen molar-refractivity contribution in [1.29, 1.82) is 0 Å². The van der Waals surface area contributed by atoms with E-state index >= 15 is 0 Å². The van der Waals surface area contributed by atoms with E-state index in [1.54, 1.807) is 12.1 Å². The number of hydrogen-bond acceptors (Lipinski definition) is 12. The van der Waals surface area contributed by atoms with Gasteiger partial charge in [-0.3, -0.25) is 4.79 Å². The van der Waals surface area contributed by atoms with E-state index in [0.717, 1.165) is 6.07 Å². The van der Waals surface area contributed by atoms with Crippen molar-refractivity contribution in [3.8, 4) is 0 Å². The first kappa shape index (κ1) is 28.1. The third-order valence-corrected chi connectivity index (χ3v) is 5.83. The second-order valence-corrected chi connectivity index (χ2v) is 8.73. The zero-order valence-corrected chi connectivity index (χ0v) is 19.5. The minimum atomic E-state index is -4.53. The SMILES string of the molecule is NS(=O)(=O)c1cc(C(=O)O)c(NCc2ccco2)c(CC(=O)NC[C@H](CO[N+](=O)[O-])O[N+](=O)[O-])c1Cl. The average Bonchev–Trinajstić information content (AvgIpc) is 3.28. The number of nitrogens with one attached hydrogen (secondary N) is 2. The second kappa shape index (κ2) is 12.0. The van der Waals surface area contributed by atoms with E-state index in [9.17, 15) is 43.3 Å². The van der Waals surface area contributed by atoms with Crippen LogP contribution in [0.25, 0.3) is 0 Å². The van der Waals surface area contributed by atoms with Crippen molar-refractivity contribution in [3.05, 3.63) is 66.6 Å². The van der Waals surface area contributed by atoms with Crippen LogP contribution in [0.4, 0.5) is 5.69 Å². The van der Waals surface area contributed by atoms with E-state index in [1.807, 2.05) is 0 Å². The van der Waals surface area contributed by atoms with Crippen LogP contribution in [0.5, 0.6) is 0 Å². The Morgan fingerprint density at radius 3 is 2.50 bits per heavy atom. The molecule has 1 aromatic heterocycles. The van der Waals surface area contributed by atoms with Crippen molar-refractivity contribution in [1.82, 2.24) is 5.32 Å². The summed E-state index contributed by atoms with van der Waals surface area (Å²) in [6, 6.07) is 3.84. The van der Waals surface area contributed by atoms with Crippen LogP contribution in [0.2, 0.25) is 5.02 Å². The largest absolute Gasteiger partial charge is 0.478 e. The molecule has 1 amide bonds. The number of carbonyl (C=O) groups is 2. The maximum absolute atomic E-state index is 12.6. The molecule has 0 spiro atoms. The molecule has 5 N–H and O–H groups in total. The van der Waals surface area contributed by atoms with Crippen molar-refractivity contribution in [2.75, 3.05) is 18.5 Å². The summed E-state index contributed by atoms with van der Waals surface area (Å²) in [5.74, 6) is -2.14. The van der Waals surface area contributed by atoms with Crippen LogP contribution in [0, 0.1) is 20.2 Å². The lowest BCUT2D eigenvalue weighted by atomic mass is 10.0. The molecule has 0 unspecified atom stereocenters. The molecule has 0 aliphatic rings. The van der Waals surface area contributed by atoms with Crippen molar-refractivity contribution in [2.24, 2.45) is 5.14 Å². The van der Waals surface area contributed by atoms with Crippen molar-refractivity contribution in [3.63, 3.8) is 0 Å². The van der Waals surface area contributed by atoms with Gasteiger partial charge >= 0.3 is 5.97 Å². The summed E-state index contributed by atoms with van der Waals surface area (Å²) in [6.45, 7) is -1.61. The highest BCUT2D eigenvalue weighted by Gasteiger charge is 2.27. The quantitative estimate of drug-likeness (QED) is 0.182. The Kier molecular flexibility index (Phi) is 9.36. The first-order chi connectivity index (χ1) is 16.8. The van der Waals surface area contributed by atoms with Gasteiger partial charge in [0.15, 0.2) is 0 Å². The molecule has 0 radical (unpaired) electrons. The van der Waals surface area contributed by atoms with Gasteiger partial charge in [0.2, 0.25) is 15.9 Å². The fourth-order valence-corrected chi connectivity index (χ4v) is 4.06. The topological polar surface area (TPSA) is 256 Å². The van der Waals surface area contributed by atoms with Gasteiger partial charge in [0.1, 0.15) is 23.4 Å². The standard InChI is InChI=1S/C17H18ClN5O12S/c18-15-11(5-14(24)20-7-10(35-23(29)30)8-34-22(27)28)16(21-6-9-2-1-3-33-9)12(17(25)26)4-13(15)36(19,31)32/h1-4,10,21H,5-8H2,(H,20,24)(H,25,26)(H2,19,31,32)/t10-/m1/s1. The summed E-state index contributed by atoms with van der Waals surface area (Å²) in [4.78, 5) is 52.8. The van der Waals surface area contributed by atoms with Gasteiger partial charge in [-0.2, -0.15) is 0 Å². The summed E-state index contributed by atoms with van der Waals surface area (Å²) < 4.78 is 29.1. The van der Waals surface area contributed by atoms with Crippen molar-refractivity contribution in [2.45, 2.75) is 24.0 Å². The summed E-state index contributed by atoms with van der Waals surface area (Å²) >= 11 is 6.19. The molecule has 196 valence electrons. The third-order valence-electron chi connectivity index (χ3n) is 4.35. The number of nitrogens with zero attached hydrogens (tertiary/aromatic N) is 2. The Morgan fingerprint density at radius 2 is 1.97 bits per heavy atom. The summed E-state index contributed by atoms with van der Waals surface area (Å²) in [5.41, 5.74) is -1.08. The first-order valence-corrected chi connectivity index (χ1v) is 11.4. The molecule has 1 heterocycles. The summed E-state index contributed by atoms with van der Waals surface area (Å²) in [7, 11) is -4.53. The predicted molar refractivity (Wildman–Crippen MR) is 117 cm³/mol. The van der Waals surface area contributed by atoms with E-state index in [-0.39, 0.29) is 17.8 Å². The lowest BCUT2D eigenvalue weighted by Gasteiger charge is -2.19. The fraction of sp³-hybridized carbons (Fsp3) is 0.294. The number of carbonyl (C=O) groups excluding carboxylic acids is 1. The van der Waals surface area contributed by atoms with E-state index in [1.165, 1.54) is 6.26 Å². The Labute approximate surface area is 206 Å². The number of amides is 1. The van der Waals surface area contributed by atoms with Crippen LogP contribution in [-0.4, -0.2) is 54.8 Å². The molecule has 36 heavy (non-hydrogen) atoms. The molecular weight excluding hydrogens is 534 g/mol. The Bertz CT molecular complexity index is 1250. The minimum Gasteiger partial charge on any atom is -0.478 e. The van der Waals surface area contributed by atoms with Gasteiger partial charge in [-0.1, -0.05) is 11.6 Å². The molecule has 0 aliphatic heterocycles. The zero-order valence-electron chi connectivity index (χ0n) is 17.9. The van der Waals surface area contributed by atoms with E-state index < -0.39 is 73.2 Å². The third kappa shape index (κ3) is 7.96. The van der Waals surface area contributed by atoms with Gasteiger partial charge in [-0.05, 0) is 18.2 Å². The van der Waals surface area contributed by atoms with Gasteiger partial charge in [-0.25, -0.2) is 18.4 Å². The highest BCUT2D eigenvalue weighted by Crippen LogP contribution is 2.35. The number of benzene rings is 1. The first-order valence-electron chi connectivity index (χ1n) is 9.52. The van der Waals surface area contributed by atoms with Crippen LogP contribution >= 0.6 is 11.6 Å². The number of carboxylic acid groups (broad SMARTS) is 1. The molecule has 0 fully saturated rings. The second-order valence-electron chi connectivity index (χ2n) is 6.82. The maximum atomic E-state index is 12.6. The van der Waals surface area contributed by atoms with Crippen LogP contribution in [0.1, 0.15) is 21.7 Å². The maximum Gasteiger partial charge on any atom is 0.337 e. The van der Waals surface area contributed by atoms with Crippen LogP contribution in [0.15, 0.2) is 33.8 Å². The highest BCUT2D eigenvalue weighted by atomic mass is 35.5. The van der Waals surface area contributed by atoms with Crippen molar-refractivity contribution < 1.29 is 47.4 Å². The smallest absolute Gasteiger partial charge is 0.337 e. The summed E-state index contributed by atoms with van der Waals surface area (Å²) in [6.07, 6.45) is -0.955. The monoisotopic (exact) mass is 551 g/mol. The van der Waals surface area contributed by atoms with Crippen LogP contribution in [-0.2, 0) is 37.5 Å². The molecule has 0 aliphatic carbocycles. The van der Waals surface area contributed by atoms with Crippen LogP contribution < -0.4 is 15.8 Å². The number of sulfonamides is 1. The molecule has 0 saturated carbocycles. The van der Waals surface area contributed by atoms with Gasteiger partial charge in [-0.15, -0.1) is 20.2 Å². The molecule has 1 aromatic carbocycles. The van der Waals surface area contributed by atoms with Gasteiger partial charge in [0.25, 0.3) is 10.2 Å². The molecule has 17 nitrogen and oxygen atoms in total. The number of anilines is 1. The molecule has 1 atom stereocenters. The Morgan fingerprint density at radius 1 is 1.28 bits per heavy atom. The van der Waals surface area contributed by atoms with E-state index in [4.69, 9.17) is 21.2 Å². The predicted octanol–water partition coefficient (Wildman–Crippen LogP) is 0.335. The number of rotatable bonds is 14. The minimum absolute atomic E-state index is 0.0794. The molecule has 0 bridgehead atoms. The number of carboxylic acids is 1. The summed E-state index contributed by atoms with van der Waals surface area (Å²) in [5, 5.41) is 37.6. The number of aromatic carboxylic acids is 1. The number of halogens is 1. The van der Waals surface area contributed by atoms with Crippen LogP contribution in [0.3, 0.4) is 0 Å².